The smallest absolute Gasteiger partial charge is 0.315 e. The number of para-hydroxylation sites is 2. The summed E-state index contributed by atoms with van der Waals surface area (Å²) in [6, 6.07) is 29.6. The number of fused-ring (bicyclic) bond motifs is 1. The molecule has 0 aliphatic heterocycles. The van der Waals surface area contributed by atoms with Crippen molar-refractivity contribution in [3.05, 3.63) is 108 Å². The molecule has 0 aliphatic rings. The van der Waals surface area contributed by atoms with Crippen LogP contribution in [0, 0.1) is 0 Å². The molecule has 0 aromatic heterocycles. The summed E-state index contributed by atoms with van der Waals surface area (Å²) < 4.78 is 5.52. The van der Waals surface area contributed by atoms with Crippen molar-refractivity contribution >= 4 is 28.3 Å². The third-order valence-electron chi connectivity index (χ3n) is 4.58. The van der Waals surface area contributed by atoms with Crippen molar-refractivity contribution in [3.63, 3.8) is 0 Å². The molecule has 4 nitrogen and oxygen atoms in total. The summed E-state index contributed by atoms with van der Waals surface area (Å²) in [5, 5.41) is 4.73. The van der Waals surface area contributed by atoms with Crippen molar-refractivity contribution in [2.75, 3.05) is 5.32 Å². The highest BCUT2D eigenvalue weighted by atomic mass is 16.5. The Bertz CT molecular complexity index is 1160. The maximum absolute atomic E-state index is 12.9. The first-order chi connectivity index (χ1) is 14.2. The summed E-state index contributed by atoms with van der Waals surface area (Å²) in [6.45, 7) is 0. The van der Waals surface area contributed by atoms with E-state index < -0.39 is 0 Å². The van der Waals surface area contributed by atoms with Crippen molar-refractivity contribution in [1.29, 1.82) is 0 Å². The Labute approximate surface area is 168 Å². The fourth-order valence-electron chi connectivity index (χ4n) is 3.19. The van der Waals surface area contributed by atoms with Gasteiger partial charge in [-0.05, 0) is 34.5 Å². The summed E-state index contributed by atoms with van der Waals surface area (Å²) in [7, 11) is 0. The zero-order chi connectivity index (χ0) is 20.1. The van der Waals surface area contributed by atoms with E-state index in [9.17, 15) is 9.59 Å². The largest absolute Gasteiger partial charge is 0.424 e. The minimum Gasteiger partial charge on any atom is -0.424 e. The van der Waals surface area contributed by atoms with Gasteiger partial charge in [0.15, 0.2) is 5.75 Å². The molecule has 0 atom stereocenters. The lowest BCUT2D eigenvalue weighted by molar-refractivity contribution is -0.133. The third kappa shape index (κ3) is 4.33. The lowest BCUT2D eigenvalue weighted by Crippen LogP contribution is -2.16. The first-order valence-electron chi connectivity index (χ1n) is 9.33. The zero-order valence-corrected chi connectivity index (χ0v) is 15.7. The van der Waals surface area contributed by atoms with E-state index >= 15 is 0 Å². The quantitative estimate of drug-likeness (QED) is 0.380. The molecule has 142 valence electrons. The van der Waals surface area contributed by atoms with Crippen molar-refractivity contribution in [2.24, 2.45) is 0 Å². The molecule has 0 bridgehead atoms. The van der Waals surface area contributed by atoms with Crippen molar-refractivity contribution in [3.8, 4) is 5.75 Å². The van der Waals surface area contributed by atoms with Crippen LogP contribution in [0.4, 0.5) is 5.69 Å². The zero-order valence-electron chi connectivity index (χ0n) is 15.7. The summed E-state index contributed by atoms with van der Waals surface area (Å²) in [5.74, 6) is -0.321. The Kier molecular flexibility index (Phi) is 5.34. The normalized spacial score (nSPS) is 10.5. The van der Waals surface area contributed by atoms with Crippen LogP contribution in [0.3, 0.4) is 0 Å². The number of benzene rings is 4. The van der Waals surface area contributed by atoms with Crippen LogP contribution in [-0.2, 0) is 11.2 Å². The van der Waals surface area contributed by atoms with Crippen LogP contribution >= 0.6 is 0 Å². The number of anilines is 1. The highest BCUT2D eigenvalue weighted by Crippen LogP contribution is 2.26. The van der Waals surface area contributed by atoms with Crippen LogP contribution in [0.15, 0.2) is 97.1 Å². The second kappa shape index (κ2) is 8.40. The fourth-order valence-corrected chi connectivity index (χ4v) is 3.19. The lowest BCUT2D eigenvalue weighted by atomic mass is 10.0. The molecule has 4 heteroatoms. The molecule has 1 amide bonds. The van der Waals surface area contributed by atoms with Crippen LogP contribution in [0.5, 0.6) is 5.75 Å². The maximum atomic E-state index is 12.9. The van der Waals surface area contributed by atoms with Crippen molar-refractivity contribution in [2.45, 2.75) is 6.42 Å². The van der Waals surface area contributed by atoms with Gasteiger partial charge in [-0.3, -0.25) is 9.59 Å². The number of hydrogen-bond donors (Lipinski definition) is 1. The van der Waals surface area contributed by atoms with Gasteiger partial charge in [0.05, 0.1) is 12.1 Å². The van der Waals surface area contributed by atoms with E-state index in [-0.39, 0.29) is 18.3 Å². The molecule has 4 aromatic rings. The molecule has 0 saturated heterocycles. The number of carbonyl (C=O) groups excluding carboxylic acids is 2. The van der Waals surface area contributed by atoms with Crippen LogP contribution in [-0.4, -0.2) is 11.9 Å². The van der Waals surface area contributed by atoms with E-state index in [2.05, 4.69) is 5.32 Å². The number of amides is 1. The second-order valence-electron chi connectivity index (χ2n) is 6.61. The molecular weight excluding hydrogens is 362 g/mol. The molecular formula is C25H19NO3. The Morgan fingerprint density at radius 2 is 1.41 bits per heavy atom. The fraction of sp³-hybridized carbons (Fsp3) is 0.0400. The highest BCUT2D eigenvalue weighted by molar-refractivity contribution is 6.13. The van der Waals surface area contributed by atoms with E-state index in [4.69, 9.17) is 4.74 Å². The molecule has 4 aromatic carbocycles. The highest BCUT2D eigenvalue weighted by Gasteiger charge is 2.14. The van der Waals surface area contributed by atoms with E-state index in [1.165, 1.54) is 0 Å². The summed E-state index contributed by atoms with van der Waals surface area (Å²) >= 11 is 0. The predicted octanol–water partition coefficient (Wildman–Crippen LogP) is 5.24. The molecule has 4 rings (SSSR count). The van der Waals surface area contributed by atoms with Crippen LogP contribution in [0.1, 0.15) is 15.9 Å². The van der Waals surface area contributed by atoms with Gasteiger partial charge in [0.2, 0.25) is 0 Å². The SMILES string of the molecule is O=C(Cc1ccccc1)Oc1ccccc1NC(=O)c1cccc2ccccc12. The van der Waals surface area contributed by atoms with Crippen molar-refractivity contribution < 1.29 is 14.3 Å². The Morgan fingerprint density at radius 3 is 2.28 bits per heavy atom. The first kappa shape index (κ1) is 18.4. The molecule has 0 aliphatic carbocycles. The number of hydrogen-bond acceptors (Lipinski definition) is 3. The van der Waals surface area contributed by atoms with Gasteiger partial charge in [-0.25, -0.2) is 0 Å². The van der Waals surface area contributed by atoms with Gasteiger partial charge in [-0.15, -0.1) is 0 Å². The van der Waals surface area contributed by atoms with Gasteiger partial charge in [0.1, 0.15) is 0 Å². The van der Waals surface area contributed by atoms with Gasteiger partial charge in [-0.1, -0.05) is 78.9 Å². The number of esters is 1. The second-order valence-corrected chi connectivity index (χ2v) is 6.61. The third-order valence-corrected chi connectivity index (χ3v) is 4.58. The Hall–Kier alpha value is -3.92. The molecule has 29 heavy (non-hydrogen) atoms. The number of rotatable bonds is 5. The summed E-state index contributed by atoms with van der Waals surface area (Å²) in [5.41, 5.74) is 1.88. The molecule has 0 saturated carbocycles. The maximum Gasteiger partial charge on any atom is 0.315 e. The number of nitrogens with one attached hydrogen (secondary N) is 1. The molecule has 0 heterocycles. The van der Waals surface area contributed by atoms with Crippen LogP contribution in [0.25, 0.3) is 10.8 Å². The van der Waals surface area contributed by atoms with Gasteiger partial charge >= 0.3 is 5.97 Å². The van der Waals surface area contributed by atoms with Crippen LogP contribution < -0.4 is 10.1 Å². The minimum absolute atomic E-state index is 0.159. The number of ether oxygens (including phenoxy) is 1. The lowest BCUT2D eigenvalue weighted by Gasteiger charge is -2.12. The summed E-state index contributed by atoms with van der Waals surface area (Å²) in [6.07, 6.45) is 0.159. The molecule has 0 radical (unpaired) electrons. The van der Waals surface area contributed by atoms with E-state index in [0.717, 1.165) is 16.3 Å². The van der Waals surface area contributed by atoms with Gasteiger partial charge in [-0.2, -0.15) is 0 Å². The summed E-state index contributed by atoms with van der Waals surface area (Å²) in [4.78, 5) is 25.2. The molecule has 0 fully saturated rings. The Balaban J connectivity index is 1.54. The van der Waals surface area contributed by atoms with Gasteiger partial charge < -0.3 is 10.1 Å². The van der Waals surface area contributed by atoms with Gasteiger partial charge in [0, 0.05) is 5.56 Å². The monoisotopic (exact) mass is 381 g/mol. The molecule has 0 spiro atoms. The van der Waals surface area contributed by atoms with Gasteiger partial charge in [0.25, 0.3) is 5.91 Å². The van der Waals surface area contributed by atoms with E-state index in [0.29, 0.717) is 17.0 Å². The molecule has 0 unspecified atom stereocenters. The average molecular weight is 381 g/mol. The van der Waals surface area contributed by atoms with E-state index in [1.54, 1.807) is 30.3 Å². The van der Waals surface area contributed by atoms with Crippen molar-refractivity contribution in [1.82, 2.24) is 0 Å². The standard InChI is InChI=1S/C25H19NO3/c27-24(17-18-9-2-1-3-10-18)29-23-16-7-6-15-22(23)26-25(28)21-14-8-12-19-11-4-5-13-20(19)21/h1-16H,17H2,(H,26,28). The number of carbonyl (C=O) groups is 2. The molecule has 1 N–H and O–H groups in total. The minimum atomic E-state index is -0.386. The first-order valence-corrected chi connectivity index (χ1v) is 9.33. The van der Waals surface area contributed by atoms with E-state index in [1.807, 2.05) is 66.7 Å². The predicted molar refractivity (Wildman–Crippen MR) is 114 cm³/mol. The van der Waals surface area contributed by atoms with Crippen LogP contribution in [0.2, 0.25) is 0 Å². The average Bonchev–Trinajstić information content (AvgIpc) is 2.75. The topological polar surface area (TPSA) is 55.4 Å². The Morgan fingerprint density at radius 1 is 0.724 bits per heavy atom.